The van der Waals surface area contributed by atoms with E-state index in [1.807, 2.05) is 7.05 Å². The molecule has 0 spiro atoms. The lowest BCUT2D eigenvalue weighted by Gasteiger charge is -2.37. The third kappa shape index (κ3) is 7.48. The lowest BCUT2D eigenvalue weighted by Crippen LogP contribution is -2.53. The molecule has 2 rings (SSSR count). The summed E-state index contributed by atoms with van der Waals surface area (Å²) in [7, 11) is 6.10. The molecule has 0 bridgehead atoms. The lowest BCUT2D eigenvalue weighted by atomic mass is 10.0. The summed E-state index contributed by atoms with van der Waals surface area (Å²) in [5, 5.41) is 3.53. The highest BCUT2D eigenvalue weighted by atomic mass is 127. The van der Waals surface area contributed by atoms with Crippen LogP contribution in [0.25, 0.3) is 0 Å². The van der Waals surface area contributed by atoms with E-state index < -0.39 is 0 Å². The van der Waals surface area contributed by atoms with Crippen molar-refractivity contribution in [1.82, 2.24) is 15.1 Å². The molecule has 2 aliphatic heterocycles. The van der Waals surface area contributed by atoms with Crippen molar-refractivity contribution in [3.63, 3.8) is 0 Å². The van der Waals surface area contributed by atoms with Crippen molar-refractivity contribution < 1.29 is 9.47 Å². The molecule has 2 aliphatic rings. The van der Waals surface area contributed by atoms with Gasteiger partial charge in [0.1, 0.15) is 0 Å². The van der Waals surface area contributed by atoms with Crippen LogP contribution in [0.5, 0.6) is 0 Å². The Morgan fingerprint density at radius 3 is 2.46 bits per heavy atom. The van der Waals surface area contributed by atoms with Gasteiger partial charge in [-0.25, -0.2) is 0 Å². The fourth-order valence-electron chi connectivity index (χ4n) is 3.20. The maximum atomic E-state index is 6.11. The molecule has 0 aromatic carbocycles. The summed E-state index contributed by atoms with van der Waals surface area (Å²) in [6.45, 7) is 9.01. The van der Waals surface area contributed by atoms with Crippen LogP contribution in [0.3, 0.4) is 0 Å². The smallest absolute Gasteiger partial charge is 0.193 e. The Balaban J connectivity index is 0.00000338. The monoisotopic (exact) mass is 482 g/mol. The van der Waals surface area contributed by atoms with Crippen LogP contribution in [0.2, 0.25) is 0 Å². The number of nitrogens with zero attached hydrogens (tertiary/aromatic N) is 3. The van der Waals surface area contributed by atoms with Crippen LogP contribution < -0.4 is 5.32 Å². The summed E-state index contributed by atoms with van der Waals surface area (Å²) in [5.41, 5.74) is 0.0946. The molecule has 2 saturated heterocycles. The molecule has 7 heteroatoms. The minimum Gasteiger partial charge on any atom is -0.376 e. The largest absolute Gasteiger partial charge is 0.376 e. The molecule has 26 heavy (non-hydrogen) atoms. The van der Waals surface area contributed by atoms with E-state index in [0.717, 1.165) is 58.1 Å². The molecule has 1 N–H and O–H groups in total. The molecule has 0 aromatic rings. The summed E-state index contributed by atoms with van der Waals surface area (Å²) in [6.07, 6.45) is 6.42. The highest BCUT2D eigenvalue weighted by Gasteiger charge is 2.26. The normalized spacial score (nSPS) is 23.1. The minimum atomic E-state index is 0. The van der Waals surface area contributed by atoms with Crippen LogP contribution in [0, 0.1) is 0 Å². The number of likely N-dealkylation sites (N-methyl/N-ethyl adjacent to an activating group) is 1. The number of hydrogen-bond acceptors (Lipinski definition) is 4. The molecule has 0 saturated carbocycles. The highest BCUT2D eigenvalue weighted by molar-refractivity contribution is 14.0. The van der Waals surface area contributed by atoms with Crippen molar-refractivity contribution in [2.75, 3.05) is 54.0 Å². The Kier molecular flexibility index (Phi) is 10.7. The summed E-state index contributed by atoms with van der Waals surface area (Å²) in [5.74, 6) is 1.00. The van der Waals surface area contributed by atoms with Gasteiger partial charge in [0.25, 0.3) is 0 Å². The van der Waals surface area contributed by atoms with Gasteiger partial charge in [-0.05, 0) is 60.0 Å². The zero-order valence-electron chi connectivity index (χ0n) is 17.3. The third-order valence-corrected chi connectivity index (χ3v) is 5.63. The van der Waals surface area contributed by atoms with E-state index in [-0.39, 0.29) is 29.5 Å². The van der Waals surface area contributed by atoms with Crippen LogP contribution in [-0.2, 0) is 9.47 Å². The van der Waals surface area contributed by atoms with Crippen LogP contribution >= 0.6 is 24.0 Å². The second-order valence-corrected chi connectivity index (χ2v) is 8.12. The van der Waals surface area contributed by atoms with Crippen LogP contribution in [0.15, 0.2) is 4.99 Å². The van der Waals surface area contributed by atoms with Crippen LogP contribution in [0.1, 0.15) is 46.0 Å². The summed E-state index contributed by atoms with van der Waals surface area (Å²) in [6, 6.07) is 0. The van der Waals surface area contributed by atoms with Gasteiger partial charge < -0.3 is 24.6 Å². The average Bonchev–Trinajstić information content (AvgIpc) is 2.62. The fourth-order valence-corrected chi connectivity index (χ4v) is 3.20. The maximum Gasteiger partial charge on any atom is 0.193 e. The molecule has 1 atom stereocenters. The van der Waals surface area contributed by atoms with Crippen molar-refractivity contribution in [1.29, 1.82) is 0 Å². The Bertz CT molecular complexity index is 418. The van der Waals surface area contributed by atoms with Gasteiger partial charge in [-0.3, -0.25) is 4.99 Å². The first-order chi connectivity index (χ1) is 11.9. The van der Waals surface area contributed by atoms with Gasteiger partial charge >= 0.3 is 0 Å². The Hall–Kier alpha value is -0.120. The van der Waals surface area contributed by atoms with Gasteiger partial charge in [0.05, 0.1) is 18.8 Å². The first-order valence-electron chi connectivity index (χ1n) is 9.78. The van der Waals surface area contributed by atoms with Gasteiger partial charge in [0.2, 0.25) is 0 Å². The second kappa shape index (κ2) is 11.7. The predicted octanol–water partition coefficient (Wildman–Crippen LogP) is 2.57. The molecule has 0 radical (unpaired) electrons. The molecule has 0 aliphatic carbocycles. The maximum absolute atomic E-state index is 6.11. The van der Waals surface area contributed by atoms with Gasteiger partial charge in [0.15, 0.2) is 5.96 Å². The van der Waals surface area contributed by atoms with Crippen molar-refractivity contribution in [3.05, 3.63) is 0 Å². The molecule has 2 heterocycles. The number of nitrogens with one attached hydrogen (secondary N) is 1. The van der Waals surface area contributed by atoms with E-state index in [0.29, 0.717) is 12.2 Å². The number of likely N-dealkylation sites (tertiary alicyclic amines) is 1. The SMILES string of the molecule is CN=C(NCC(C)(C)N(C)C)N1CCC(OCC2CCCCO2)CC1.I. The number of guanidine groups is 1. The highest BCUT2D eigenvalue weighted by Crippen LogP contribution is 2.18. The van der Waals surface area contributed by atoms with Crippen LogP contribution in [0.4, 0.5) is 0 Å². The second-order valence-electron chi connectivity index (χ2n) is 8.12. The molecular formula is C19H39IN4O2. The third-order valence-electron chi connectivity index (χ3n) is 5.63. The topological polar surface area (TPSA) is 49.3 Å². The Labute approximate surface area is 177 Å². The van der Waals surface area contributed by atoms with Gasteiger partial charge in [0, 0.05) is 38.8 Å². The zero-order chi connectivity index (χ0) is 18.3. The van der Waals surface area contributed by atoms with E-state index in [1.54, 1.807) is 0 Å². The van der Waals surface area contributed by atoms with E-state index in [9.17, 15) is 0 Å². The van der Waals surface area contributed by atoms with E-state index in [2.05, 4.69) is 48.1 Å². The molecule has 6 nitrogen and oxygen atoms in total. The minimum absolute atomic E-state index is 0. The Morgan fingerprint density at radius 1 is 1.23 bits per heavy atom. The number of hydrogen-bond donors (Lipinski definition) is 1. The Morgan fingerprint density at radius 2 is 1.92 bits per heavy atom. The first kappa shape index (κ1) is 23.9. The summed E-state index contributed by atoms with van der Waals surface area (Å²) < 4.78 is 11.9. The number of rotatable bonds is 6. The fraction of sp³-hybridized carbons (Fsp3) is 0.947. The number of ether oxygens (including phenoxy) is 2. The molecular weight excluding hydrogens is 443 g/mol. The van der Waals surface area contributed by atoms with Crippen molar-refractivity contribution in [3.8, 4) is 0 Å². The van der Waals surface area contributed by atoms with Crippen molar-refractivity contribution in [2.45, 2.75) is 63.7 Å². The molecule has 0 aromatic heterocycles. The number of aliphatic imine (C=N–C) groups is 1. The van der Waals surface area contributed by atoms with E-state index in [4.69, 9.17) is 9.47 Å². The van der Waals surface area contributed by atoms with Crippen LogP contribution in [-0.4, -0.2) is 87.5 Å². The standard InChI is InChI=1S/C19H38N4O2.HI/c1-19(2,22(4)5)15-21-18(20-3)23-11-9-16(10-12-23)25-14-17-8-6-7-13-24-17;/h16-17H,6-15H2,1-5H3,(H,20,21);1H. The quantitative estimate of drug-likeness (QED) is 0.359. The number of halogens is 1. The van der Waals surface area contributed by atoms with E-state index >= 15 is 0 Å². The first-order valence-corrected chi connectivity index (χ1v) is 9.78. The van der Waals surface area contributed by atoms with Crippen molar-refractivity contribution in [2.24, 2.45) is 4.99 Å². The number of piperidine rings is 1. The van der Waals surface area contributed by atoms with Crippen molar-refractivity contribution >= 4 is 29.9 Å². The van der Waals surface area contributed by atoms with Gasteiger partial charge in [-0.15, -0.1) is 24.0 Å². The summed E-state index contributed by atoms with van der Waals surface area (Å²) >= 11 is 0. The molecule has 2 fully saturated rings. The van der Waals surface area contributed by atoms with Gasteiger partial charge in [-0.2, -0.15) is 0 Å². The zero-order valence-corrected chi connectivity index (χ0v) is 19.6. The summed E-state index contributed by atoms with van der Waals surface area (Å²) in [4.78, 5) is 9.06. The van der Waals surface area contributed by atoms with E-state index in [1.165, 1.54) is 12.8 Å². The lowest BCUT2D eigenvalue weighted by molar-refractivity contribution is -0.0721. The molecule has 1 unspecified atom stereocenters. The predicted molar refractivity (Wildman–Crippen MR) is 119 cm³/mol. The average molecular weight is 482 g/mol. The molecule has 154 valence electrons. The van der Waals surface area contributed by atoms with Gasteiger partial charge in [-0.1, -0.05) is 0 Å². The molecule has 0 amide bonds.